The fourth-order valence-corrected chi connectivity index (χ4v) is 1.76. The van der Waals surface area contributed by atoms with Crippen molar-refractivity contribution in [1.82, 2.24) is 19.9 Å². The zero-order valence-corrected chi connectivity index (χ0v) is 13.2. The molecule has 1 heterocycles. The Morgan fingerprint density at radius 1 is 1.48 bits per heavy atom. The molecule has 1 aromatic rings. The van der Waals surface area contributed by atoms with E-state index in [1.165, 1.54) is 0 Å². The molecule has 1 amide bonds. The molecule has 0 bridgehead atoms. The van der Waals surface area contributed by atoms with Crippen LogP contribution in [0.5, 0.6) is 0 Å². The lowest BCUT2D eigenvalue weighted by molar-refractivity contribution is -0.119. The summed E-state index contributed by atoms with van der Waals surface area (Å²) < 4.78 is 10.6. The summed E-state index contributed by atoms with van der Waals surface area (Å²) >= 11 is 0. The van der Waals surface area contributed by atoms with Crippen LogP contribution in [0.25, 0.3) is 0 Å². The van der Waals surface area contributed by atoms with E-state index in [4.69, 9.17) is 9.26 Å². The second kappa shape index (κ2) is 8.41. The van der Waals surface area contributed by atoms with E-state index in [0.717, 1.165) is 6.41 Å². The van der Waals surface area contributed by atoms with Gasteiger partial charge in [-0.3, -0.25) is 4.79 Å². The minimum absolute atomic E-state index is 0.0524. The molecular weight excluding hydrogens is 272 g/mol. The molecule has 1 atom stereocenters. The van der Waals surface area contributed by atoms with Crippen molar-refractivity contribution in [3.05, 3.63) is 24.1 Å². The lowest BCUT2D eigenvalue weighted by Gasteiger charge is -2.24. The van der Waals surface area contributed by atoms with Crippen LogP contribution in [-0.4, -0.2) is 60.1 Å². The summed E-state index contributed by atoms with van der Waals surface area (Å²) in [6.07, 6.45) is 2.08. The average Bonchev–Trinajstić information content (AvgIpc) is 2.84. The van der Waals surface area contributed by atoms with Crippen LogP contribution in [0.2, 0.25) is 0 Å². The normalized spacial score (nSPS) is 12.2. The molecule has 1 unspecified atom stereocenters. The molecule has 0 aliphatic carbocycles. The van der Waals surface area contributed by atoms with Crippen LogP contribution in [0.1, 0.15) is 25.1 Å². The standard InChI is InChI=1S/C14H24N4O3/c1-11(2)20-9-12(18(5)10-19)6-7-14-15-13(16-21-14)8-17(3)4/h10,12H,1,6-9H2,2-5H3. The Hall–Kier alpha value is -1.89. The maximum Gasteiger partial charge on any atom is 0.226 e. The Morgan fingerprint density at radius 3 is 2.76 bits per heavy atom. The summed E-state index contributed by atoms with van der Waals surface area (Å²) in [6.45, 7) is 6.51. The quantitative estimate of drug-likeness (QED) is 0.475. The third kappa shape index (κ3) is 6.40. The Morgan fingerprint density at radius 2 is 2.19 bits per heavy atom. The molecule has 0 saturated heterocycles. The second-order valence-corrected chi connectivity index (χ2v) is 5.32. The van der Waals surface area contributed by atoms with Crippen LogP contribution < -0.4 is 0 Å². The van der Waals surface area contributed by atoms with Gasteiger partial charge in [0, 0.05) is 13.5 Å². The van der Waals surface area contributed by atoms with Crippen LogP contribution in [0, 0.1) is 0 Å². The van der Waals surface area contributed by atoms with E-state index in [9.17, 15) is 4.79 Å². The lowest BCUT2D eigenvalue weighted by atomic mass is 10.1. The van der Waals surface area contributed by atoms with E-state index in [1.54, 1.807) is 18.9 Å². The van der Waals surface area contributed by atoms with Crippen LogP contribution in [0.3, 0.4) is 0 Å². The SMILES string of the molecule is C=C(C)OCC(CCc1nc(CN(C)C)no1)N(C)C=O. The molecule has 7 heteroatoms. The first-order valence-electron chi connectivity index (χ1n) is 6.84. The number of aromatic nitrogens is 2. The number of hydrogen-bond donors (Lipinski definition) is 0. The smallest absolute Gasteiger partial charge is 0.226 e. The van der Waals surface area contributed by atoms with Gasteiger partial charge in [0.25, 0.3) is 0 Å². The Bertz CT molecular complexity index is 459. The fraction of sp³-hybridized carbons (Fsp3) is 0.643. The lowest BCUT2D eigenvalue weighted by Crippen LogP contribution is -2.35. The summed E-state index contributed by atoms with van der Waals surface area (Å²) in [5.74, 6) is 1.87. The summed E-state index contributed by atoms with van der Waals surface area (Å²) in [5, 5.41) is 3.92. The van der Waals surface area contributed by atoms with Crippen molar-refractivity contribution in [3.63, 3.8) is 0 Å². The van der Waals surface area contributed by atoms with Gasteiger partial charge >= 0.3 is 0 Å². The van der Waals surface area contributed by atoms with Crippen LogP contribution in [-0.2, 0) is 22.5 Å². The van der Waals surface area contributed by atoms with Crippen molar-refractivity contribution in [2.24, 2.45) is 0 Å². The number of amides is 1. The van der Waals surface area contributed by atoms with Gasteiger partial charge in [0.15, 0.2) is 5.82 Å². The topological polar surface area (TPSA) is 71.7 Å². The Labute approximate surface area is 125 Å². The third-order valence-corrected chi connectivity index (χ3v) is 2.92. The highest BCUT2D eigenvalue weighted by Gasteiger charge is 2.16. The molecule has 0 aliphatic rings. The van der Waals surface area contributed by atoms with Gasteiger partial charge in [-0.05, 0) is 27.4 Å². The molecular formula is C14H24N4O3. The van der Waals surface area contributed by atoms with E-state index in [0.29, 0.717) is 43.5 Å². The van der Waals surface area contributed by atoms with Gasteiger partial charge in [0.05, 0.1) is 18.3 Å². The number of allylic oxidation sites excluding steroid dienone is 1. The van der Waals surface area contributed by atoms with Gasteiger partial charge < -0.3 is 19.1 Å². The van der Waals surface area contributed by atoms with E-state index >= 15 is 0 Å². The van der Waals surface area contributed by atoms with E-state index < -0.39 is 0 Å². The van der Waals surface area contributed by atoms with Crippen molar-refractivity contribution >= 4 is 6.41 Å². The number of hydrogen-bond acceptors (Lipinski definition) is 6. The number of carbonyl (C=O) groups is 1. The van der Waals surface area contributed by atoms with Gasteiger partial charge in [-0.25, -0.2) is 0 Å². The number of carbonyl (C=O) groups excluding carboxylic acids is 1. The molecule has 0 spiro atoms. The largest absolute Gasteiger partial charge is 0.497 e. The molecule has 0 fully saturated rings. The first-order valence-corrected chi connectivity index (χ1v) is 6.84. The first kappa shape index (κ1) is 17.2. The molecule has 0 aliphatic heterocycles. The third-order valence-electron chi connectivity index (χ3n) is 2.92. The highest BCUT2D eigenvalue weighted by Crippen LogP contribution is 2.09. The summed E-state index contributed by atoms with van der Waals surface area (Å²) in [5.41, 5.74) is 0. The zero-order valence-electron chi connectivity index (χ0n) is 13.2. The number of nitrogens with zero attached hydrogens (tertiary/aromatic N) is 4. The van der Waals surface area contributed by atoms with Crippen molar-refractivity contribution in [3.8, 4) is 0 Å². The van der Waals surface area contributed by atoms with Gasteiger partial charge in [0.1, 0.15) is 6.61 Å². The molecule has 1 rings (SSSR count). The molecule has 1 aromatic heterocycles. The number of ether oxygens (including phenoxy) is 1. The predicted octanol–water partition coefficient (Wildman–Crippen LogP) is 1.07. The van der Waals surface area contributed by atoms with Crippen molar-refractivity contribution < 1.29 is 14.1 Å². The molecule has 0 N–H and O–H groups in total. The first-order chi connectivity index (χ1) is 9.92. The van der Waals surface area contributed by atoms with Crippen LogP contribution >= 0.6 is 0 Å². The van der Waals surface area contributed by atoms with Crippen LogP contribution in [0.15, 0.2) is 16.9 Å². The second-order valence-electron chi connectivity index (χ2n) is 5.32. The monoisotopic (exact) mass is 296 g/mol. The van der Waals surface area contributed by atoms with Gasteiger partial charge in [-0.15, -0.1) is 0 Å². The van der Waals surface area contributed by atoms with E-state index in [2.05, 4.69) is 16.7 Å². The average molecular weight is 296 g/mol. The van der Waals surface area contributed by atoms with E-state index in [1.807, 2.05) is 19.0 Å². The predicted molar refractivity (Wildman–Crippen MR) is 78.4 cm³/mol. The van der Waals surface area contributed by atoms with Gasteiger partial charge in [0.2, 0.25) is 12.3 Å². The van der Waals surface area contributed by atoms with E-state index in [-0.39, 0.29) is 6.04 Å². The summed E-state index contributed by atoms with van der Waals surface area (Å²) in [7, 11) is 5.62. The van der Waals surface area contributed by atoms with Crippen molar-refractivity contribution in [1.29, 1.82) is 0 Å². The van der Waals surface area contributed by atoms with Crippen molar-refractivity contribution in [2.75, 3.05) is 27.7 Å². The Kier molecular flexibility index (Phi) is 6.87. The number of rotatable bonds is 10. The summed E-state index contributed by atoms with van der Waals surface area (Å²) in [6, 6.07) is -0.0524. The van der Waals surface area contributed by atoms with Gasteiger partial charge in [-0.2, -0.15) is 4.98 Å². The minimum atomic E-state index is -0.0524. The molecule has 0 saturated carbocycles. The minimum Gasteiger partial charge on any atom is -0.497 e. The maximum atomic E-state index is 10.9. The zero-order chi connectivity index (χ0) is 15.8. The molecule has 118 valence electrons. The fourth-order valence-electron chi connectivity index (χ4n) is 1.76. The molecule has 21 heavy (non-hydrogen) atoms. The van der Waals surface area contributed by atoms with Crippen molar-refractivity contribution in [2.45, 2.75) is 32.4 Å². The molecule has 0 aromatic carbocycles. The Balaban J connectivity index is 2.53. The molecule has 0 radical (unpaired) electrons. The number of likely N-dealkylation sites (N-methyl/N-ethyl adjacent to an activating group) is 1. The highest BCUT2D eigenvalue weighted by molar-refractivity contribution is 5.47. The maximum absolute atomic E-state index is 10.9. The number of aryl methyl sites for hydroxylation is 1. The molecule has 7 nitrogen and oxygen atoms in total. The van der Waals surface area contributed by atoms with Gasteiger partial charge in [-0.1, -0.05) is 11.7 Å². The summed E-state index contributed by atoms with van der Waals surface area (Å²) in [4.78, 5) is 18.8. The highest BCUT2D eigenvalue weighted by atomic mass is 16.5. The van der Waals surface area contributed by atoms with Crippen LogP contribution in [0.4, 0.5) is 0 Å².